The summed E-state index contributed by atoms with van der Waals surface area (Å²) < 4.78 is 31.2. The molecule has 2 fully saturated rings. The molecule has 172 valence electrons. The Morgan fingerprint density at radius 1 is 1.19 bits per heavy atom. The van der Waals surface area contributed by atoms with E-state index in [2.05, 4.69) is 5.32 Å². The van der Waals surface area contributed by atoms with Gasteiger partial charge in [-0.15, -0.1) is 0 Å². The lowest BCUT2D eigenvalue weighted by Crippen LogP contribution is -2.49. The number of carbonyl (C=O) groups excluding carboxylic acids is 2. The van der Waals surface area contributed by atoms with Gasteiger partial charge in [0.25, 0.3) is 0 Å². The first-order chi connectivity index (χ1) is 14.9. The number of sulfone groups is 1. The molecule has 1 heterocycles. The third kappa shape index (κ3) is 7.83. The number of unbranched alkanes of at least 4 members (excludes halogenated alkanes) is 2. The maximum atomic E-state index is 12.7. The van der Waals surface area contributed by atoms with Crippen molar-refractivity contribution in [2.45, 2.75) is 57.8 Å². The molecule has 2 aliphatic rings. The van der Waals surface area contributed by atoms with E-state index < -0.39 is 9.84 Å². The van der Waals surface area contributed by atoms with Crippen LogP contribution in [0.4, 0.5) is 4.79 Å². The summed E-state index contributed by atoms with van der Waals surface area (Å²) in [7, 11) is -3.17. The average molecular weight is 451 g/mol. The van der Waals surface area contributed by atoms with Gasteiger partial charge in [-0.05, 0) is 61.6 Å². The number of hydrogen-bond acceptors (Lipinski definition) is 5. The fourth-order valence-corrected chi connectivity index (χ4v) is 5.66. The molecule has 3 rings (SSSR count). The zero-order valence-electron chi connectivity index (χ0n) is 18.3. The molecule has 1 aliphatic heterocycles. The third-order valence-electron chi connectivity index (χ3n) is 5.99. The van der Waals surface area contributed by atoms with E-state index in [1.807, 2.05) is 31.2 Å². The van der Waals surface area contributed by atoms with Crippen LogP contribution < -0.4 is 10.1 Å². The predicted molar refractivity (Wildman–Crippen MR) is 120 cm³/mol. The van der Waals surface area contributed by atoms with Crippen LogP contribution in [0.15, 0.2) is 24.3 Å². The van der Waals surface area contributed by atoms with Crippen LogP contribution in [0.25, 0.3) is 0 Å². The zero-order valence-corrected chi connectivity index (χ0v) is 19.2. The molecule has 8 heteroatoms. The van der Waals surface area contributed by atoms with E-state index in [-0.39, 0.29) is 29.4 Å². The lowest BCUT2D eigenvalue weighted by atomic mass is 9.98. The van der Waals surface area contributed by atoms with Gasteiger partial charge in [-0.3, -0.25) is 10.1 Å². The summed E-state index contributed by atoms with van der Waals surface area (Å²) in [4.78, 5) is 24.5. The smallest absolute Gasteiger partial charge is 0.324 e. The molecule has 0 unspecified atom stereocenters. The molecule has 31 heavy (non-hydrogen) atoms. The summed E-state index contributed by atoms with van der Waals surface area (Å²) >= 11 is 0. The molecule has 0 radical (unpaired) electrons. The highest BCUT2D eigenvalue weighted by atomic mass is 32.2. The third-order valence-corrected chi connectivity index (χ3v) is 7.81. The number of nitrogens with zero attached hydrogens (tertiary/aromatic N) is 1. The Labute approximate surface area is 185 Å². The van der Waals surface area contributed by atoms with Gasteiger partial charge in [0, 0.05) is 19.5 Å². The number of benzene rings is 1. The van der Waals surface area contributed by atoms with Crippen LogP contribution >= 0.6 is 0 Å². The van der Waals surface area contributed by atoms with Crippen LogP contribution in [0, 0.1) is 5.92 Å². The molecule has 1 aliphatic carbocycles. The largest absolute Gasteiger partial charge is 0.493 e. The number of nitrogens with one attached hydrogen (secondary N) is 1. The van der Waals surface area contributed by atoms with E-state index in [9.17, 15) is 18.0 Å². The van der Waals surface area contributed by atoms with Gasteiger partial charge >= 0.3 is 6.03 Å². The number of imide groups is 1. The number of hydrogen-bond donors (Lipinski definition) is 1. The van der Waals surface area contributed by atoms with E-state index in [1.54, 1.807) is 4.90 Å². The predicted octanol–water partition coefficient (Wildman–Crippen LogP) is 3.50. The summed E-state index contributed by atoms with van der Waals surface area (Å²) in [5.41, 5.74) is 1.02. The molecule has 1 aromatic carbocycles. The highest BCUT2D eigenvalue weighted by Gasteiger charge is 2.24. The molecule has 0 bridgehead atoms. The molecule has 1 N–H and O–H groups in total. The van der Waals surface area contributed by atoms with Crippen LogP contribution in [0.5, 0.6) is 5.75 Å². The van der Waals surface area contributed by atoms with Crippen LogP contribution in [-0.2, 0) is 14.6 Å². The first-order valence-corrected chi connectivity index (χ1v) is 13.2. The molecule has 7 nitrogen and oxygen atoms in total. The quantitative estimate of drug-likeness (QED) is 0.464. The topological polar surface area (TPSA) is 92.8 Å². The Bertz CT molecular complexity index is 866. The van der Waals surface area contributed by atoms with Crippen molar-refractivity contribution in [2.75, 3.05) is 31.2 Å². The summed E-state index contributed by atoms with van der Waals surface area (Å²) in [5, 5.41) is 2.30. The van der Waals surface area contributed by atoms with Crippen LogP contribution in [0.2, 0.25) is 0 Å². The van der Waals surface area contributed by atoms with Crippen molar-refractivity contribution in [1.29, 1.82) is 0 Å². The lowest BCUT2D eigenvalue weighted by Gasteiger charge is -2.26. The van der Waals surface area contributed by atoms with Gasteiger partial charge in [0.05, 0.1) is 18.1 Å². The molecule has 0 aromatic heterocycles. The highest BCUT2D eigenvalue weighted by Crippen LogP contribution is 2.31. The molecular formula is C23H34N2O5S. The minimum atomic E-state index is -3.17. The van der Waals surface area contributed by atoms with Gasteiger partial charge in [-0.2, -0.15) is 0 Å². The number of carbonyl (C=O) groups is 2. The lowest BCUT2D eigenvalue weighted by molar-refractivity contribution is -0.121. The molecule has 1 saturated heterocycles. The summed E-state index contributed by atoms with van der Waals surface area (Å²) in [6, 6.07) is 7.50. The molecule has 1 saturated carbocycles. The Morgan fingerprint density at radius 3 is 2.71 bits per heavy atom. The number of urea groups is 1. The SMILES string of the molecule is CC[C@@H](CS(=O)(=O)CCCCCN1CCC(=O)NC1=O)c1cccc(OCC2CC2)c1. The van der Waals surface area contributed by atoms with Gasteiger partial charge in [0.15, 0.2) is 9.84 Å². The van der Waals surface area contributed by atoms with Crippen molar-refractivity contribution >= 4 is 21.8 Å². The standard InChI is InChI=1S/C23H34N2O5S/c1-2-19(20-7-6-8-21(15-20)30-16-18-9-10-18)17-31(28,29)14-5-3-4-12-25-13-11-22(26)24-23(25)27/h6-8,15,18-19H,2-5,9-14,16-17H2,1H3,(H,24,26,27)/t19-/m0/s1. The van der Waals surface area contributed by atoms with E-state index in [0.29, 0.717) is 31.8 Å². The van der Waals surface area contributed by atoms with Crippen molar-refractivity contribution < 1.29 is 22.7 Å². The highest BCUT2D eigenvalue weighted by molar-refractivity contribution is 7.91. The monoisotopic (exact) mass is 450 g/mol. The maximum absolute atomic E-state index is 12.7. The zero-order chi connectivity index (χ0) is 22.3. The summed E-state index contributed by atoms with van der Waals surface area (Å²) in [6.07, 6.45) is 5.60. The van der Waals surface area contributed by atoms with Crippen LogP contribution in [0.3, 0.4) is 0 Å². The normalized spacial score (nSPS) is 18.0. The maximum Gasteiger partial charge on any atom is 0.324 e. The van der Waals surface area contributed by atoms with E-state index in [4.69, 9.17) is 4.74 Å². The molecule has 1 aromatic rings. The number of ether oxygens (including phenoxy) is 1. The number of rotatable bonds is 13. The Morgan fingerprint density at radius 2 is 2.00 bits per heavy atom. The van der Waals surface area contributed by atoms with E-state index in [1.165, 1.54) is 12.8 Å². The molecule has 0 spiro atoms. The van der Waals surface area contributed by atoms with Crippen molar-refractivity contribution in [1.82, 2.24) is 10.2 Å². The van der Waals surface area contributed by atoms with Crippen molar-refractivity contribution in [3.63, 3.8) is 0 Å². The molecule has 1 atom stereocenters. The van der Waals surface area contributed by atoms with E-state index >= 15 is 0 Å². The minimum Gasteiger partial charge on any atom is -0.493 e. The molecular weight excluding hydrogens is 416 g/mol. The van der Waals surface area contributed by atoms with Gasteiger partial charge in [-0.1, -0.05) is 25.5 Å². The second-order valence-electron chi connectivity index (χ2n) is 8.70. The summed E-state index contributed by atoms with van der Waals surface area (Å²) in [5.74, 6) is 1.53. The second-order valence-corrected chi connectivity index (χ2v) is 10.9. The molecule has 3 amide bonds. The average Bonchev–Trinajstić information content (AvgIpc) is 3.56. The van der Waals surface area contributed by atoms with Crippen molar-refractivity contribution in [3.8, 4) is 5.75 Å². The Hall–Kier alpha value is -2.09. The Kier molecular flexibility index (Phi) is 8.35. The fraction of sp³-hybridized carbons (Fsp3) is 0.652. The number of amides is 3. The first kappa shape index (κ1) is 23.6. The van der Waals surface area contributed by atoms with Crippen LogP contribution in [-0.4, -0.2) is 56.5 Å². The van der Waals surface area contributed by atoms with E-state index in [0.717, 1.165) is 37.2 Å². The minimum absolute atomic E-state index is 0.0379. The van der Waals surface area contributed by atoms with Gasteiger partial charge in [-0.25, -0.2) is 13.2 Å². The first-order valence-electron chi connectivity index (χ1n) is 11.4. The van der Waals surface area contributed by atoms with Crippen LogP contribution in [0.1, 0.15) is 63.4 Å². The van der Waals surface area contributed by atoms with Crippen molar-refractivity contribution in [2.24, 2.45) is 5.92 Å². The fourth-order valence-electron chi connectivity index (χ4n) is 3.81. The van der Waals surface area contributed by atoms with Gasteiger partial charge < -0.3 is 9.64 Å². The Balaban J connectivity index is 1.41. The van der Waals surface area contributed by atoms with Gasteiger partial charge in [0.1, 0.15) is 5.75 Å². The van der Waals surface area contributed by atoms with Crippen molar-refractivity contribution in [3.05, 3.63) is 29.8 Å². The second kappa shape index (κ2) is 11.0. The van der Waals surface area contributed by atoms with Gasteiger partial charge in [0.2, 0.25) is 5.91 Å². The summed E-state index contributed by atoms with van der Waals surface area (Å²) in [6.45, 7) is 3.75.